The Morgan fingerprint density at radius 1 is 1.25 bits per heavy atom. The number of carbonyl (C=O) groups excluding carboxylic acids is 3. The van der Waals surface area contributed by atoms with Crippen LogP contribution in [0.2, 0.25) is 0 Å². The van der Waals surface area contributed by atoms with Gasteiger partial charge < -0.3 is 19.6 Å². The number of thioether (sulfide) groups is 1. The van der Waals surface area contributed by atoms with Crippen molar-refractivity contribution in [1.82, 2.24) is 9.80 Å². The topological polar surface area (TPSA) is 87.1 Å². The van der Waals surface area contributed by atoms with Crippen LogP contribution in [0.1, 0.15) is 87.0 Å². The second-order valence-corrected chi connectivity index (χ2v) is 15.4. The zero-order valence-corrected chi connectivity index (χ0v) is 26.6. The molecule has 226 valence electrons. The Morgan fingerprint density at radius 2 is 1.93 bits per heavy atom. The molecule has 3 aliphatic rings. The quantitative estimate of drug-likeness (QED) is 0.173. The van der Waals surface area contributed by atoms with Crippen LogP contribution in [0.3, 0.4) is 0 Å². The van der Waals surface area contributed by atoms with Crippen LogP contribution in [0.5, 0.6) is 0 Å². The molecule has 7 nitrogen and oxygen atoms in total. The van der Waals surface area contributed by atoms with Crippen LogP contribution in [-0.4, -0.2) is 80.1 Å². The van der Waals surface area contributed by atoms with Gasteiger partial charge in [-0.2, -0.15) is 0 Å². The summed E-state index contributed by atoms with van der Waals surface area (Å²) in [6, 6.07) is -1.27. The Kier molecular flexibility index (Phi) is 10.3. The molecule has 1 spiro atoms. The number of hydrogen-bond donors (Lipinski definition) is 1. The lowest BCUT2D eigenvalue weighted by atomic mass is 9.71. The van der Waals surface area contributed by atoms with Gasteiger partial charge in [0.05, 0.1) is 35.8 Å². The molecule has 2 unspecified atom stereocenters. The lowest BCUT2D eigenvalue weighted by Crippen LogP contribution is -2.62. The Labute approximate surface area is 246 Å². The average molecular weight is 577 g/mol. The standard InChI is InChI=1S/C32H52N2O5S/c1-10-13-14-18-39-29(38)24-23-15-16-32(40-23)25(24)27(36)34(22(19-35)21(4)12-3)26(32)28(37)33(17-11-2)31(8,9)20-30(5,6)7/h10-11,21-26,35H,1-2,12-20H2,3-9H3/t21-,22-,23+,24-,25-,26?,32?/m0/s1. The van der Waals surface area contributed by atoms with Gasteiger partial charge in [0.1, 0.15) is 6.04 Å². The molecule has 2 bridgehead atoms. The van der Waals surface area contributed by atoms with Gasteiger partial charge in [0, 0.05) is 17.3 Å². The summed E-state index contributed by atoms with van der Waals surface area (Å²) in [7, 11) is 0. The highest BCUT2D eigenvalue weighted by Gasteiger charge is 2.75. The number of rotatable bonds is 14. The lowest BCUT2D eigenvalue weighted by Gasteiger charge is -2.47. The second-order valence-electron chi connectivity index (χ2n) is 13.8. The molecule has 0 radical (unpaired) electrons. The number of aliphatic hydroxyl groups excluding tert-OH is 1. The fraction of sp³-hybridized carbons (Fsp3) is 0.781. The number of aliphatic hydroxyl groups is 1. The highest BCUT2D eigenvalue weighted by molar-refractivity contribution is 8.02. The van der Waals surface area contributed by atoms with Gasteiger partial charge in [-0.15, -0.1) is 24.9 Å². The first-order valence-corrected chi connectivity index (χ1v) is 15.9. The predicted molar refractivity (Wildman–Crippen MR) is 162 cm³/mol. The normalized spacial score (nSPS) is 29.2. The molecular weight excluding hydrogens is 524 g/mol. The Morgan fingerprint density at radius 3 is 2.48 bits per heavy atom. The van der Waals surface area contributed by atoms with E-state index >= 15 is 0 Å². The summed E-state index contributed by atoms with van der Waals surface area (Å²) in [6.07, 6.45) is 7.96. The van der Waals surface area contributed by atoms with Gasteiger partial charge in [-0.3, -0.25) is 14.4 Å². The first-order valence-electron chi connectivity index (χ1n) is 15.0. The van der Waals surface area contributed by atoms with E-state index in [-0.39, 0.29) is 41.0 Å². The van der Waals surface area contributed by atoms with Crippen molar-refractivity contribution < 1.29 is 24.2 Å². The van der Waals surface area contributed by atoms with Crippen molar-refractivity contribution >= 4 is 29.5 Å². The minimum atomic E-state index is -0.760. The number of unbranched alkanes of at least 4 members (excludes halogenated alkanes) is 1. The molecule has 0 aromatic heterocycles. The van der Waals surface area contributed by atoms with Crippen molar-refractivity contribution in [2.24, 2.45) is 23.2 Å². The van der Waals surface area contributed by atoms with Gasteiger partial charge in [0.15, 0.2) is 0 Å². The Hall–Kier alpha value is -1.80. The number of carbonyl (C=O) groups is 3. The van der Waals surface area contributed by atoms with E-state index in [9.17, 15) is 19.5 Å². The maximum atomic E-state index is 14.9. The smallest absolute Gasteiger partial charge is 0.310 e. The Balaban J connectivity index is 2.09. The van der Waals surface area contributed by atoms with Crippen LogP contribution in [0.4, 0.5) is 0 Å². The number of nitrogens with zero attached hydrogens (tertiary/aromatic N) is 2. The van der Waals surface area contributed by atoms with Gasteiger partial charge in [-0.05, 0) is 57.3 Å². The molecule has 2 amide bonds. The fourth-order valence-corrected chi connectivity index (χ4v) is 9.80. The first kappa shape index (κ1) is 32.7. The minimum Gasteiger partial charge on any atom is -0.465 e. The molecule has 0 aromatic carbocycles. The van der Waals surface area contributed by atoms with Crippen molar-refractivity contribution in [1.29, 1.82) is 0 Å². The number of ether oxygens (including phenoxy) is 1. The summed E-state index contributed by atoms with van der Waals surface area (Å²) in [6.45, 7) is 22.8. The highest BCUT2D eigenvalue weighted by atomic mass is 32.2. The summed E-state index contributed by atoms with van der Waals surface area (Å²) in [5.74, 6) is -1.86. The average Bonchev–Trinajstić information content (AvgIpc) is 3.51. The second kappa shape index (κ2) is 12.6. The zero-order valence-electron chi connectivity index (χ0n) is 25.8. The maximum absolute atomic E-state index is 14.9. The van der Waals surface area contributed by atoms with Gasteiger partial charge in [-0.25, -0.2) is 0 Å². The summed E-state index contributed by atoms with van der Waals surface area (Å²) < 4.78 is 4.97. The summed E-state index contributed by atoms with van der Waals surface area (Å²) in [4.78, 5) is 46.3. The van der Waals surface area contributed by atoms with E-state index in [1.165, 1.54) is 0 Å². The predicted octanol–water partition coefficient (Wildman–Crippen LogP) is 5.22. The van der Waals surface area contributed by atoms with Gasteiger partial charge in [-0.1, -0.05) is 53.2 Å². The number of allylic oxidation sites excluding steroid dienone is 1. The molecule has 0 aromatic rings. The largest absolute Gasteiger partial charge is 0.465 e. The van der Waals surface area contributed by atoms with E-state index in [4.69, 9.17) is 4.74 Å². The number of hydrogen-bond acceptors (Lipinski definition) is 6. The van der Waals surface area contributed by atoms with Gasteiger partial charge in [0.2, 0.25) is 11.8 Å². The molecule has 3 heterocycles. The number of amides is 2. The van der Waals surface area contributed by atoms with Crippen molar-refractivity contribution in [3.05, 3.63) is 25.3 Å². The first-order chi connectivity index (χ1) is 18.7. The molecule has 3 fully saturated rings. The molecular formula is C32H52N2O5S. The third-order valence-electron chi connectivity index (χ3n) is 9.16. The van der Waals surface area contributed by atoms with E-state index in [1.807, 2.05) is 18.7 Å². The molecule has 0 saturated carbocycles. The molecule has 0 aliphatic carbocycles. The van der Waals surface area contributed by atoms with Crippen molar-refractivity contribution in [2.75, 3.05) is 19.8 Å². The van der Waals surface area contributed by atoms with Crippen molar-refractivity contribution in [3.8, 4) is 0 Å². The Bertz CT molecular complexity index is 975. The molecule has 7 atom stereocenters. The number of likely N-dealkylation sites (tertiary alicyclic amines) is 1. The van der Waals surface area contributed by atoms with Crippen molar-refractivity contribution in [2.45, 2.75) is 115 Å². The van der Waals surface area contributed by atoms with Crippen LogP contribution < -0.4 is 0 Å². The van der Waals surface area contributed by atoms with Crippen LogP contribution in [0.25, 0.3) is 0 Å². The molecule has 3 rings (SSSR count). The van der Waals surface area contributed by atoms with Crippen LogP contribution in [0.15, 0.2) is 25.3 Å². The van der Waals surface area contributed by atoms with E-state index in [0.717, 1.165) is 25.7 Å². The number of esters is 1. The van der Waals surface area contributed by atoms with Crippen LogP contribution in [-0.2, 0) is 19.1 Å². The minimum absolute atomic E-state index is 0.0126. The maximum Gasteiger partial charge on any atom is 0.310 e. The van der Waals surface area contributed by atoms with Gasteiger partial charge >= 0.3 is 5.97 Å². The monoisotopic (exact) mass is 576 g/mol. The number of fused-ring (bicyclic) bond motifs is 1. The SMILES string of the molecule is C=CCCCOC(=O)[C@@H]1[C@H]2C(=O)N([C@@H](CO)[C@@H](C)CC)C(C(=O)N(CC=C)C(C)(C)CC(C)(C)C)C23CC[C@H]1S3. The van der Waals surface area contributed by atoms with Crippen LogP contribution in [0, 0.1) is 23.2 Å². The fourth-order valence-electron chi connectivity index (χ4n) is 7.61. The summed E-state index contributed by atoms with van der Waals surface area (Å²) in [5.41, 5.74) is -0.524. The van der Waals surface area contributed by atoms with Crippen LogP contribution >= 0.6 is 11.8 Å². The molecule has 40 heavy (non-hydrogen) atoms. The van der Waals surface area contributed by atoms with Gasteiger partial charge in [0.25, 0.3) is 0 Å². The zero-order chi connectivity index (χ0) is 30.0. The summed E-state index contributed by atoms with van der Waals surface area (Å²) in [5, 5.41) is 10.5. The van der Waals surface area contributed by atoms with E-state index in [0.29, 0.717) is 26.0 Å². The molecule has 3 saturated heterocycles. The molecule has 8 heteroatoms. The molecule has 1 N–H and O–H groups in total. The third kappa shape index (κ3) is 6.04. The van der Waals surface area contributed by atoms with E-state index in [2.05, 4.69) is 47.8 Å². The van der Waals surface area contributed by atoms with E-state index in [1.54, 1.807) is 28.8 Å². The lowest BCUT2D eigenvalue weighted by molar-refractivity contribution is -0.155. The summed E-state index contributed by atoms with van der Waals surface area (Å²) >= 11 is 1.65. The van der Waals surface area contributed by atoms with E-state index < -0.39 is 34.2 Å². The third-order valence-corrected chi connectivity index (χ3v) is 11.1. The highest BCUT2D eigenvalue weighted by Crippen LogP contribution is 2.67. The van der Waals surface area contributed by atoms with Crippen molar-refractivity contribution in [3.63, 3.8) is 0 Å². The molecule has 3 aliphatic heterocycles.